The van der Waals surface area contributed by atoms with Crippen LogP contribution in [-0.2, 0) is 4.57 Å². The highest BCUT2D eigenvalue weighted by Crippen LogP contribution is 2.34. The van der Waals surface area contributed by atoms with Gasteiger partial charge in [-0.05, 0) is 6.42 Å². The summed E-state index contributed by atoms with van der Waals surface area (Å²) in [4.78, 5) is 0. The van der Waals surface area contributed by atoms with Gasteiger partial charge >= 0.3 is 0 Å². The Morgan fingerprint density at radius 1 is 1.12 bits per heavy atom. The van der Waals surface area contributed by atoms with Gasteiger partial charge in [0.1, 0.15) is 0 Å². The number of nitrogens with one attached hydrogen (secondary N) is 1. The lowest BCUT2D eigenvalue weighted by Crippen LogP contribution is -2.19. The minimum Gasteiger partial charge on any atom is -0.302 e. The first kappa shape index (κ1) is 13.5. The van der Waals surface area contributed by atoms with Crippen molar-refractivity contribution in [2.75, 3.05) is 13.2 Å². The molecule has 3 heteroatoms. The van der Waals surface area contributed by atoms with Crippen LogP contribution in [0.25, 0.3) is 0 Å². The number of hydrogen-bond donors (Lipinski definition) is 1. The number of hydrogen-bond acceptors (Lipinski definition) is 1. The van der Waals surface area contributed by atoms with E-state index in [-0.39, 0.29) is 0 Å². The third kappa shape index (κ3) is 4.51. The van der Waals surface area contributed by atoms with E-state index >= 15 is 0 Å². The SMILES string of the molecule is CCCCCCN[P@](C)(=O)c1ccccc1. The van der Waals surface area contributed by atoms with E-state index in [4.69, 9.17) is 0 Å². The molecule has 1 aromatic carbocycles. The summed E-state index contributed by atoms with van der Waals surface area (Å²) in [5.74, 6) is 0. The lowest BCUT2D eigenvalue weighted by molar-refractivity contribution is 0.570. The lowest BCUT2D eigenvalue weighted by atomic mass is 10.2. The minimum absolute atomic E-state index is 0.850. The molecule has 1 rings (SSSR count). The molecule has 0 aliphatic carbocycles. The van der Waals surface area contributed by atoms with Gasteiger partial charge in [0.2, 0.25) is 0 Å². The molecule has 2 nitrogen and oxygen atoms in total. The van der Waals surface area contributed by atoms with Crippen LogP contribution in [0.5, 0.6) is 0 Å². The third-order valence-electron chi connectivity index (χ3n) is 2.69. The predicted molar refractivity (Wildman–Crippen MR) is 71.8 cm³/mol. The summed E-state index contributed by atoms with van der Waals surface area (Å²) in [6.07, 6.45) is 4.83. The summed E-state index contributed by atoms with van der Waals surface area (Å²) in [6.45, 7) is 4.85. The molecule has 0 spiro atoms. The normalized spacial score (nSPS) is 14.6. The minimum atomic E-state index is -2.34. The summed E-state index contributed by atoms with van der Waals surface area (Å²) < 4.78 is 12.3. The molecule has 0 amide bonds. The number of unbranched alkanes of at least 4 members (excludes halogenated alkanes) is 3. The van der Waals surface area contributed by atoms with E-state index in [1.807, 2.05) is 37.0 Å². The first-order valence-corrected chi connectivity index (χ1v) is 8.20. The summed E-state index contributed by atoms with van der Waals surface area (Å²) in [6, 6.07) is 9.68. The Balaban J connectivity index is 2.38. The maximum Gasteiger partial charge on any atom is 0.173 e. The zero-order valence-electron chi connectivity index (χ0n) is 10.3. The van der Waals surface area contributed by atoms with Crippen molar-refractivity contribution in [3.63, 3.8) is 0 Å². The van der Waals surface area contributed by atoms with Crippen molar-refractivity contribution in [1.82, 2.24) is 5.09 Å². The molecule has 0 unspecified atom stereocenters. The molecule has 90 valence electrons. The Hall–Kier alpha value is -0.590. The second kappa shape index (κ2) is 6.88. The van der Waals surface area contributed by atoms with E-state index < -0.39 is 7.29 Å². The monoisotopic (exact) mass is 239 g/mol. The topological polar surface area (TPSA) is 29.1 Å². The molecule has 1 aromatic rings. The van der Waals surface area contributed by atoms with Gasteiger partial charge in [0, 0.05) is 18.5 Å². The van der Waals surface area contributed by atoms with Gasteiger partial charge in [-0.15, -0.1) is 0 Å². The van der Waals surface area contributed by atoms with E-state index in [0.29, 0.717) is 0 Å². The van der Waals surface area contributed by atoms with Crippen LogP contribution in [0.15, 0.2) is 30.3 Å². The van der Waals surface area contributed by atoms with Crippen LogP contribution in [0.3, 0.4) is 0 Å². The molecule has 0 aliphatic heterocycles. The number of benzene rings is 1. The average molecular weight is 239 g/mol. The Morgan fingerprint density at radius 3 is 2.44 bits per heavy atom. The molecule has 0 aromatic heterocycles. The van der Waals surface area contributed by atoms with Crippen molar-refractivity contribution in [1.29, 1.82) is 0 Å². The van der Waals surface area contributed by atoms with Gasteiger partial charge in [-0.25, -0.2) is 0 Å². The largest absolute Gasteiger partial charge is 0.302 e. The van der Waals surface area contributed by atoms with Gasteiger partial charge in [-0.3, -0.25) is 5.09 Å². The van der Waals surface area contributed by atoms with E-state index in [0.717, 1.165) is 18.3 Å². The van der Waals surface area contributed by atoms with Crippen LogP contribution < -0.4 is 10.4 Å². The molecule has 1 atom stereocenters. The molecule has 0 saturated carbocycles. The Bertz CT molecular complexity index is 337. The van der Waals surface area contributed by atoms with Crippen molar-refractivity contribution < 1.29 is 4.57 Å². The van der Waals surface area contributed by atoms with Crippen molar-refractivity contribution >= 4 is 12.6 Å². The van der Waals surface area contributed by atoms with Gasteiger partial charge < -0.3 is 4.57 Å². The first-order chi connectivity index (χ1) is 7.67. The van der Waals surface area contributed by atoms with Crippen molar-refractivity contribution in [3.8, 4) is 0 Å². The van der Waals surface area contributed by atoms with Crippen LogP contribution in [-0.4, -0.2) is 13.2 Å². The fourth-order valence-corrected chi connectivity index (χ4v) is 3.16. The summed E-state index contributed by atoms with van der Waals surface area (Å²) in [5.41, 5.74) is 0. The maximum atomic E-state index is 12.3. The second-order valence-corrected chi connectivity index (χ2v) is 6.91. The number of rotatable bonds is 7. The zero-order valence-corrected chi connectivity index (χ0v) is 11.2. The zero-order chi connectivity index (χ0) is 11.9. The quantitative estimate of drug-likeness (QED) is 0.583. The molecule has 0 heterocycles. The highest BCUT2D eigenvalue weighted by molar-refractivity contribution is 7.68. The Kier molecular flexibility index (Phi) is 5.79. The smallest absolute Gasteiger partial charge is 0.173 e. The average Bonchev–Trinajstić information content (AvgIpc) is 2.30. The van der Waals surface area contributed by atoms with Gasteiger partial charge in [-0.1, -0.05) is 56.5 Å². The molecule has 0 radical (unpaired) electrons. The van der Waals surface area contributed by atoms with Gasteiger partial charge in [0.15, 0.2) is 7.29 Å². The third-order valence-corrected chi connectivity index (χ3v) is 4.80. The molecule has 0 aliphatic rings. The van der Waals surface area contributed by atoms with Gasteiger partial charge in [-0.2, -0.15) is 0 Å². The van der Waals surface area contributed by atoms with Crippen LogP contribution >= 0.6 is 7.29 Å². The maximum absolute atomic E-state index is 12.3. The summed E-state index contributed by atoms with van der Waals surface area (Å²) in [7, 11) is -2.34. The second-order valence-electron chi connectivity index (χ2n) is 4.23. The molecule has 1 N–H and O–H groups in total. The lowest BCUT2D eigenvalue weighted by Gasteiger charge is -2.14. The van der Waals surface area contributed by atoms with Crippen LogP contribution in [0.4, 0.5) is 0 Å². The van der Waals surface area contributed by atoms with Crippen molar-refractivity contribution in [3.05, 3.63) is 30.3 Å². The van der Waals surface area contributed by atoms with Crippen LogP contribution in [0.2, 0.25) is 0 Å². The highest BCUT2D eigenvalue weighted by Gasteiger charge is 2.15. The highest BCUT2D eigenvalue weighted by atomic mass is 31.2. The molecule has 0 saturated heterocycles. The summed E-state index contributed by atoms with van der Waals surface area (Å²) >= 11 is 0. The molecular weight excluding hydrogens is 217 g/mol. The first-order valence-electron chi connectivity index (χ1n) is 6.05. The van der Waals surface area contributed by atoms with E-state index in [2.05, 4.69) is 12.0 Å². The summed E-state index contributed by atoms with van der Waals surface area (Å²) in [5, 5.41) is 4.11. The van der Waals surface area contributed by atoms with Crippen molar-refractivity contribution in [2.45, 2.75) is 32.6 Å². The van der Waals surface area contributed by atoms with Gasteiger partial charge in [0.25, 0.3) is 0 Å². The molecule has 0 bridgehead atoms. The van der Waals surface area contributed by atoms with Crippen LogP contribution in [0, 0.1) is 0 Å². The fraction of sp³-hybridized carbons (Fsp3) is 0.538. The van der Waals surface area contributed by atoms with E-state index in [9.17, 15) is 4.57 Å². The van der Waals surface area contributed by atoms with E-state index in [1.165, 1.54) is 19.3 Å². The Morgan fingerprint density at radius 2 is 1.81 bits per heavy atom. The molecule has 16 heavy (non-hydrogen) atoms. The molecule has 0 fully saturated rings. The van der Waals surface area contributed by atoms with Crippen molar-refractivity contribution in [2.24, 2.45) is 0 Å². The Labute approximate surface area is 98.9 Å². The predicted octanol–water partition coefficient (Wildman–Crippen LogP) is 3.39. The van der Waals surface area contributed by atoms with Gasteiger partial charge in [0.05, 0.1) is 0 Å². The standard InChI is InChI=1S/C13H22NOP/c1-3-4-5-9-12-14-16(2,15)13-10-7-6-8-11-13/h6-8,10-11H,3-5,9,12H2,1-2H3,(H,14,15)/t16-/m1/s1. The van der Waals surface area contributed by atoms with Crippen LogP contribution in [0.1, 0.15) is 32.6 Å². The fourth-order valence-electron chi connectivity index (χ4n) is 1.65. The molecular formula is C13H22NOP. The van der Waals surface area contributed by atoms with E-state index in [1.54, 1.807) is 0 Å².